The zero-order valence-corrected chi connectivity index (χ0v) is 11.0. The fourth-order valence-corrected chi connectivity index (χ4v) is 2.62. The number of carbonyl (C=O) groups excluding carboxylic acids is 1. The molecular formula is C14H20FN3O. The van der Waals surface area contributed by atoms with E-state index in [-0.39, 0.29) is 17.3 Å². The van der Waals surface area contributed by atoms with Gasteiger partial charge < -0.3 is 11.1 Å². The van der Waals surface area contributed by atoms with Gasteiger partial charge in [-0.15, -0.1) is 0 Å². The fourth-order valence-electron chi connectivity index (χ4n) is 2.62. The van der Waals surface area contributed by atoms with Crippen LogP contribution in [0.1, 0.15) is 48.9 Å². The second kappa shape index (κ2) is 6.50. The average Bonchev–Trinajstić information content (AvgIpc) is 2.90. The number of halogens is 1. The second-order valence-electron chi connectivity index (χ2n) is 5.13. The van der Waals surface area contributed by atoms with Gasteiger partial charge in [0.05, 0.1) is 11.8 Å². The van der Waals surface area contributed by atoms with Crippen molar-refractivity contribution in [2.75, 3.05) is 12.3 Å². The molecule has 0 saturated heterocycles. The Kier molecular flexibility index (Phi) is 4.71. The van der Waals surface area contributed by atoms with Crippen molar-refractivity contribution in [1.82, 2.24) is 10.3 Å². The van der Waals surface area contributed by atoms with Gasteiger partial charge in [0.25, 0.3) is 5.91 Å². The van der Waals surface area contributed by atoms with Gasteiger partial charge >= 0.3 is 0 Å². The van der Waals surface area contributed by atoms with Crippen molar-refractivity contribution in [1.29, 1.82) is 0 Å². The Morgan fingerprint density at radius 2 is 2.21 bits per heavy atom. The molecule has 0 aromatic carbocycles. The van der Waals surface area contributed by atoms with Gasteiger partial charge in [0.2, 0.25) is 0 Å². The summed E-state index contributed by atoms with van der Waals surface area (Å²) in [5, 5.41) is 2.77. The summed E-state index contributed by atoms with van der Waals surface area (Å²) < 4.78 is 13.0. The molecule has 1 amide bonds. The summed E-state index contributed by atoms with van der Waals surface area (Å²) in [6.45, 7) is 0.602. The lowest BCUT2D eigenvalue weighted by Gasteiger charge is -2.10. The van der Waals surface area contributed by atoms with Crippen LogP contribution >= 0.6 is 0 Å². The summed E-state index contributed by atoms with van der Waals surface area (Å²) in [6, 6.07) is 1.12. The number of hydrogen-bond acceptors (Lipinski definition) is 3. The predicted octanol–water partition coefficient (Wildman–Crippen LogP) is 2.50. The Morgan fingerprint density at radius 3 is 2.95 bits per heavy atom. The number of anilines is 1. The SMILES string of the molecule is Nc1ncc(F)cc1C(=O)NCCCC1CCCC1. The minimum absolute atomic E-state index is 0.0645. The molecule has 1 fully saturated rings. The van der Waals surface area contributed by atoms with Crippen molar-refractivity contribution in [3.05, 3.63) is 23.6 Å². The van der Waals surface area contributed by atoms with E-state index in [1.807, 2.05) is 0 Å². The average molecular weight is 265 g/mol. The number of nitrogen functional groups attached to an aromatic ring is 1. The molecule has 1 aromatic rings. The maximum atomic E-state index is 13.0. The molecule has 3 N–H and O–H groups in total. The molecule has 4 nitrogen and oxygen atoms in total. The van der Waals surface area contributed by atoms with E-state index in [0.717, 1.165) is 31.0 Å². The molecule has 0 atom stereocenters. The smallest absolute Gasteiger partial charge is 0.255 e. The van der Waals surface area contributed by atoms with Crippen molar-refractivity contribution < 1.29 is 9.18 Å². The van der Waals surface area contributed by atoms with E-state index in [1.54, 1.807) is 0 Å². The van der Waals surface area contributed by atoms with Crippen molar-refractivity contribution in [3.63, 3.8) is 0 Å². The molecule has 1 aliphatic rings. The number of nitrogens with zero attached hydrogens (tertiary/aromatic N) is 1. The molecule has 1 aliphatic carbocycles. The Labute approximate surface area is 112 Å². The van der Waals surface area contributed by atoms with Gasteiger partial charge in [-0.1, -0.05) is 25.7 Å². The Morgan fingerprint density at radius 1 is 1.47 bits per heavy atom. The first kappa shape index (κ1) is 13.8. The van der Waals surface area contributed by atoms with Gasteiger partial charge in [0.15, 0.2) is 0 Å². The van der Waals surface area contributed by atoms with Crippen molar-refractivity contribution in [2.24, 2.45) is 5.92 Å². The molecule has 1 saturated carbocycles. The van der Waals surface area contributed by atoms with Gasteiger partial charge in [-0.2, -0.15) is 0 Å². The molecule has 2 rings (SSSR count). The fraction of sp³-hybridized carbons (Fsp3) is 0.571. The highest BCUT2D eigenvalue weighted by molar-refractivity contribution is 5.98. The Bertz CT molecular complexity index is 444. The highest BCUT2D eigenvalue weighted by Gasteiger charge is 2.15. The molecule has 0 aliphatic heterocycles. The molecule has 0 spiro atoms. The van der Waals surface area contributed by atoms with Crippen LogP contribution in [-0.4, -0.2) is 17.4 Å². The van der Waals surface area contributed by atoms with E-state index < -0.39 is 5.82 Å². The molecule has 104 valence electrons. The number of carbonyl (C=O) groups is 1. The number of nitrogens with two attached hydrogens (primary N) is 1. The molecule has 0 radical (unpaired) electrons. The highest BCUT2D eigenvalue weighted by Crippen LogP contribution is 2.28. The first-order valence-electron chi connectivity index (χ1n) is 6.86. The van der Waals surface area contributed by atoms with Gasteiger partial charge in [-0.3, -0.25) is 4.79 Å². The number of pyridine rings is 1. The van der Waals surface area contributed by atoms with E-state index in [4.69, 9.17) is 5.73 Å². The van der Waals surface area contributed by atoms with Crippen LogP contribution in [0.15, 0.2) is 12.3 Å². The standard InChI is InChI=1S/C14H20FN3O/c15-11-8-12(13(16)18-9-11)14(19)17-7-3-6-10-4-1-2-5-10/h8-10H,1-7H2,(H2,16,18)(H,17,19). The number of amides is 1. The maximum absolute atomic E-state index is 13.0. The van der Waals surface area contributed by atoms with E-state index >= 15 is 0 Å². The van der Waals surface area contributed by atoms with Crippen LogP contribution < -0.4 is 11.1 Å². The lowest BCUT2D eigenvalue weighted by molar-refractivity contribution is 0.0952. The molecule has 1 aromatic heterocycles. The second-order valence-corrected chi connectivity index (χ2v) is 5.13. The molecule has 1 heterocycles. The van der Waals surface area contributed by atoms with Gasteiger partial charge in [-0.05, 0) is 24.8 Å². The largest absolute Gasteiger partial charge is 0.383 e. The quantitative estimate of drug-likeness (QED) is 0.804. The first-order chi connectivity index (χ1) is 9.16. The lowest BCUT2D eigenvalue weighted by atomic mass is 10.0. The summed E-state index contributed by atoms with van der Waals surface area (Å²) in [7, 11) is 0. The molecular weight excluding hydrogens is 245 g/mol. The summed E-state index contributed by atoms with van der Waals surface area (Å²) in [4.78, 5) is 15.4. The third kappa shape index (κ3) is 3.91. The normalized spacial score (nSPS) is 15.6. The third-order valence-electron chi connectivity index (χ3n) is 3.68. The van der Waals surface area contributed by atoms with E-state index in [1.165, 1.54) is 25.7 Å². The predicted molar refractivity (Wildman–Crippen MR) is 72.1 cm³/mol. The number of aromatic nitrogens is 1. The van der Waals surface area contributed by atoms with Crippen LogP contribution in [0.5, 0.6) is 0 Å². The lowest BCUT2D eigenvalue weighted by Crippen LogP contribution is -2.26. The molecule has 0 bridgehead atoms. The van der Waals surface area contributed by atoms with Crippen molar-refractivity contribution >= 4 is 11.7 Å². The van der Waals surface area contributed by atoms with E-state index in [2.05, 4.69) is 10.3 Å². The van der Waals surface area contributed by atoms with Crippen molar-refractivity contribution in [2.45, 2.75) is 38.5 Å². The van der Waals surface area contributed by atoms with Crippen LogP contribution in [0.25, 0.3) is 0 Å². The minimum atomic E-state index is -0.551. The van der Waals surface area contributed by atoms with E-state index in [0.29, 0.717) is 6.54 Å². The Balaban J connectivity index is 1.75. The summed E-state index contributed by atoms with van der Waals surface area (Å²) in [5.41, 5.74) is 5.67. The molecule has 5 heteroatoms. The molecule has 19 heavy (non-hydrogen) atoms. The van der Waals surface area contributed by atoms with Crippen LogP contribution in [0, 0.1) is 11.7 Å². The highest BCUT2D eigenvalue weighted by atomic mass is 19.1. The van der Waals surface area contributed by atoms with Crippen LogP contribution in [-0.2, 0) is 0 Å². The van der Waals surface area contributed by atoms with Crippen LogP contribution in [0.2, 0.25) is 0 Å². The summed E-state index contributed by atoms with van der Waals surface area (Å²) in [6.07, 6.45) is 8.41. The molecule has 0 unspecified atom stereocenters. The van der Waals surface area contributed by atoms with Gasteiger partial charge in [0.1, 0.15) is 11.6 Å². The number of rotatable bonds is 5. The first-order valence-corrected chi connectivity index (χ1v) is 6.86. The van der Waals surface area contributed by atoms with Crippen molar-refractivity contribution in [3.8, 4) is 0 Å². The zero-order chi connectivity index (χ0) is 13.7. The van der Waals surface area contributed by atoms with Gasteiger partial charge in [0, 0.05) is 6.54 Å². The van der Waals surface area contributed by atoms with Crippen LogP contribution in [0.3, 0.4) is 0 Å². The summed E-state index contributed by atoms with van der Waals surface area (Å²) >= 11 is 0. The maximum Gasteiger partial charge on any atom is 0.255 e. The zero-order valence-electron chi connectivity index (χ0n) is 11.0. The summed E-state index contributed by atoms with van der Waals surface area (Å²) in [5.74, 6) is -0.0197. The Hall–Kier alpha value is -1.65. The monoisotopic (exact) mass is 265 g/mol. The van der Waals surface area contributed by atoms with E-state index in [9.17, 15) is 9.18 Å². The van der Waals surface area contributed by atoms with Gasteiger partial charge in [-0.25, -0.2) is 9.37 Å². The van der Waals surface area contributed by atoms with Crippen LogP contribution in [0.4, 0.5) is 10.2 Å². The minimum Gasteiger partial charge on any atom is -0.383 e. The number of hydrogen-bond donors (Lipinski definition) is 2. The number of nitrogens with one attached hydrogen (secondary N) is 1. The third-order valence-corrected chi connectivity index (χ3v) is 3.68. The topological polar surface area (TPSA) is 68.0 Å².